The summed E-state index contributed by atoms with van der Waals surface area (Å²) in [6.45, 7) is 11.2. The van der Waals surface area contributed by atoms with Crippen LogP contribution in [-0.2, 0) is 4.74 Å². The lowest BCUT2D eigenvalue weighted by molar-refractivity contribution is 0.0383. The molecule has 0 bridgehead atoms. The second-order valence-corrected chi connectivity index (χ2v) is 6.54. The van der Waals surface area contributed by atoms with Crippen LogP contribution in [0.3, 0.4) is 0 Å². The molecule has 1 N–H and O–H groups in total. The number of aromatic nitrogens is 2. The summed E-state index contributed by atoms with van der Waals surface area (Å²) in [6.07, 6.45) is 0. The molecule has 1 aromatic heterocycles. The topological polar surface area (TPSA) is 59.4 Å². The largest absolute Gasteiger partial charge is 0.379 e. The number of rotatable bonds is 5. The van der Waals surface area contributed by atoms with E-state index >= 15 is 0 Å². The van der Waals surface area contributed by atoms with Gasteiger partial charge in [-0.25, -0.2) is 4.98 Å². The number of hydrogen-bond acceptors (Lipinski definition) is 4. The molecule has 0 unspecified atom stereocenters. The number of ether oxygens (including phenoxy) is 1. The Kier molecular flexibility index (Phi) is 5.16. The number of carbonyl (C=O) groups excluding carboxylic acids is 1. The molecule has 0 spiro atoms. The maximum Gasteiger partial charge on any atom is 0.251 e. The molecule has 1 aliphatic heterocycles. The monoisotopic (exact) mass is 330 g/mol. The van der Waals surface area contributed by atoms with Crippen molar-refractivity contribution in [2.45, 2.75) is 26.8 Å². The zero-order valence-corrected chi connectivity index (χ0v) is 14.7. The number of fused-ring (bicyclic) bond motifs is 1. The lowest BCUT2D eigenvalue weighted by Gasteiger charge is -2.26. The van der Waals surface area contributed by atoms with Crippen LogP contribution >= 0.6 is 0 Å². The number of carbonyl (C=O) groups is 1. The molecule has 1 amide bonds. The van der Waals surface area contributed by atoms with Gasteiger partial charge in [-0.15, -0.1) is 0 Å². The highest BCUT2D eigenvalue weighted by Gasteiger charge is 2.14. The van der Waals surface area contributed by atoms with Crippen molar-refractivity contribution in [3.05, 3.63) is 29.6 Å². The van der Waals surface area contributed by atoms with Crippen molar-refractivity contribution in [2.24, 2.45) is 0 Å². The molecule has 1 saturated heterocycles. The highest BCUT2D eigenvalue weighted by Crippen LogP contribution is 2.21. The Labute approximate surface area is 142 Å². The second kappa shape index (κ2) is 7.32. The fourth-order valence-corrected chi connectivity index (χ4v) is 3.27. The van der Waals surface area contributed by atoms with E-state index in [1.807, 2.05) is 25.1 Å². The van der Waals surface area contributed by atoms with Gasteiger partial charge in [-0.2, -0.15) is 0 Å². The highest BCUT2D eigenvalue weighted by molar-refractivity contribution is 5.97. The summed E-state index contributed by atoms with van der Waals surface area (Å²) in [4.78, 5) is 19.3. The van der Waals surface area contributed by atoms with Crippen LogP contribution in [0.5, 0.6) is 0 Å². The van der Waals surface area contributed by atoms with Crippen molar-refractivity contribution in [3.8, 4) is 0 Å². The number of nitrogens with one attached hydrogen (secondary N) is 1. The maximum atomic E-state index is 12.4. The molecule has 3 rings (SSSR count). The highest BCUT2D eigenvalue weighted by atomic mass is 16.5. The van der Waals surface area contributed by atoms with Crippen LogP contribution in [0, 0.1) is 6.92 Å². The summed E-state index contributed by atoms with van der Waals surface area (Å²) in [5, 5.41) is 3.00. The van der Waals surface area contributed by atoms with Crippen LogP contribution in [0.25, 0.3) is 11.0 Å². The fraction of sp³-hybridized carbons (Fsp3) is 0.556. The summed E-state index contributed by atoms with van der Waals surface area (Å²) >= 11 is 0. The van der Waals surface area contributed by atoms with Gasteiger partial charge in [0, 0.05) is 37.8 Å². The third-order valence-corrected chi connectivity index (χ3v) is 4.46. The summed E-state index contributed by atoms with van der Waals surface area (Å²) in [6, 6.07) is 6.10. The van der Waals surface area contributed by atoms with Crippen molar-refractivity contribution in [1.82, 2.24) is 19.8 Å². The minimum absolute atomic E-state index is 0.0399. The molecule has 0 aliphatic carbocycles. The van der Waals surface area contributed by atoms with Crippen LogP contribution < -0.4 is 5.32 Å². The Hall–Kier alpha value is -1.92. The van der Waals surface area contributed by atoms with Crippen molar-refractivity contribution in [2.75, 3.05) is 39.4 Å². The number of hydrogen-bond donors (Lipinski definition) is 1. The Morgan fingerprint density at radius 1 is 1.33 bits per heavy atom. The van der Waals surface area contributed by atoms with Crippen molar-refractivity contribution in [1.29, 1.82) is 0 Å². The molecule has 6 heteroatoms. The summed E-state index contributed by atoms with van der Waals surface area (Å²) in [7, 11) is 0. The van der Waals surface area contributed by atoms with Crippen LogP contribution in [0.4, 0.5) is 0 Å². The Bertz CT molecular complexity index is 717. The van der Waals surface area contributed by atoms with E-state index in [2.05, 4.69) is 33.6 Å². The van der Waals surface area contributed by atoms with Gasteiger partial charge in [0.1, 0.15) is 5.82 Å². The van der Waals surface area contributed by atoms with E-state index in [0.29, 0.717) is 18.2 Å². The summed E-state index contributed by atoms with van der Waals surface area (Å²) in [5.41, 5.74) is 2.62. The van der Waals surface area contributed by atoms with E-state index in [0.717, 1.165) is 49.7 Å². The Balaban J connectivity index is 1.64. The van der Waals surface area contributed by atoms with Gasteiger partial charge in [-0.1, -0.05) is 0 Å². The second-order valence-electron chi connectivity index (χ2n) is 6.54. The van der Waals surface area contributed by atoms with Crippen molar-refractivity contribution in [3.63, 3.8) is 0 Å². The van der Waals surface area contributed by atoms with Gasteiger partial charge in [0.2, 0.25) is 0 Å². The fourth-order valence-electron chi connectivity index (χ4n) is 3.27. The first-order valence-electron chi connectivity index (χ1n) is 8.63. The van der Waals surface area contributed by atoms with Gasteiger partial charge in [-0.05, 0) is 39.0 Å². The molecule has 2 heterocycles. The number of aryl methyl sites for hydroxylation is 1. The molecule has 0 radical (unpaired) electrons. The normalized spacial score (nSPS) is 16.0. The number of nitrogens with zero attached hydrogens (tertiary/aromatic N) is 3. The number of amides is 1. The summed E-state index contributed by atoms with van der Waals surface area (Å²) < 4.78 is 7.52. The van der Waals surface area contributed by atoms with Gasteiger partial charge in [-0.3, -0.25) is 9.69 Å². The smallest absolute Gasteiger partial charge is 0.251 e. The molecule has 130 valence electrons. The molecular weight excluding hydrogens is 304 g/mol. The first kappa shape index (κ1) is 16.9. The van der Waals surface area contributed by atoms with Crippen LogP contribution in [0.1, 0.15) is 36.1 Å². The molecule has 6 nitrogen and oxygen atoms in total. The molecule has 1 fully saturated rings. The van der Waals surface area contributed by atoms with E-state index in [9.17, 15) is 4.79 Å². The molecule has 2 aromatic rings. The minimum Gasteiger partial charge on any atom is -0.379 e. The Morgan fingerprint density at radius 2 is 2.08 bits per heavy atom. The van der Waals surface area contributed by atoms with E-state index in [1.54, 1.807) is 0 Å². The lowest BCUT2D eigenvalue weighted by Crippen LogP contribution is -2.41. The van der Waals surface area contributed by atoms with Gasteiger partial charge in [0.05, 0.1) is 24.2 Å². The number of morpholine rings is 1. The van der Waals surface area contributed by atoms with Gasteiger partial charge in [0.25, 0.3) is 5.91 Å². The maximum absolute atomic E-state index is 12.4. The molecule has 1 aliphatic rings. The SMILES string of the molecule is Cc1nc2cc(C(=O)NCCN3CCOCC3)ccc2n1C(C)C. The molecule has 0 saturated carbocycles. The zero-order chi connectivity index (χ0) is 17.1. The third kappa shape index (κ3) is 3.60. The minimum atomic E-state index is -0.0399. The molecular formula is C18H26N4O2. The van der Waals surface area contributed by atoms with E-state index in [4.69, 9.17) is 4.74 Å². The average molecular weight is 330 g/mol. The van der Waals surface area contributed by atoms with Gasteiger partial charge in [0.15, 0.2) is 0 Å². The predicted molar refractivity (Wildman–Crippen MR) is 94.4 cm³/mol. The quantitative estimate of drug-likeness (QED) is 0.911. The van der Waals surface area contributed by atoms with Crippen LogP contribution in [0.2, 0.25) is 0 Å². The molecule has 1 aromatic carbocycles. The molecule has 24 heavy (non-hydrogen) atoms. The van der Waals surface area contributed by atoms with Crippen LogP contribution in [0.15, 0.2) is 18.2 Å². The standard InChI is InChI=1S/C18H26N4O2/c1-13(2)22-14(3)20-16-12-15(4-5-17(16)22)18(23)19-6-7-21-8-10-24-11-9-21/h4-5,12-13H,6-11H2,1-3H3,(H,19,23). The van der Waals surface area contributed by atoms with E-state index in [1.165, 1.54) is 0 Å². The van der Waals surface area contributed by atoms with E-state index < -0.39 is 0 Å². The number of imidazole rings is 1. The predicted octanol–water partition coefficient (Wildman–Crippen LogP) is 1.99. The first-order valence-corrected chi connectivity index (χ1v) is 8.63. The third-order valence-electron chi connectivity index (χ3n) is 4.46. The lowest BCUT2D eigenvalue weighted by atomic mass is 10.2. The van der Waals surface area contributed by atoms with Crippen LogP contribution in [-0.4, -0.2) is 59.8 Å². The molecule has 0 atom stereocenters. The first-order chi connectivity index (χ1) is 11.6. The zero-order valence-electron chi connectivity index (χ0n) is 14.7. The van der Waals surface area contributed by atoms with Gasteiger partial charge < -0.3 is 14.6 Å². The average Bonchev–Trinajstić information content (AvgIpc) is 2.90. The van der Waals surface area contributed by atoms with Gasteiger partial charge >= 0.3 is 0 Å². The Morgan fingerprint density at radius 3 is 2.79 bits per heavy atom. The van der Waals surface area contributed by atoms with Crippen molar-refractivity contribution < 1.29 is 9.53 Å². The van der Waals surface area contributed by atoms with Crippen molar-refractivity contribution >= 4 is 16.9 Å². The number of benzene rings is 1. The van der Waals surface area contributed by atoms with E-state index in [-0.39, 0.29) is 5.91 Å². The summed E-state index contributed by atoms with van der Waals surface area (Å²) in [5.74, 6) is 0.937.